The lowest BCUT2D eigenvalue weighted by atomic mass is 9.86. The third-order valence-corrected chi connectivity index (χ3v) is 6.24. The molecule has 1 N–H and O–H groups in total. The van der Waals surface area contributed by atoms with Crippen molar-refractivity contribution in [1.82, 2.24) is 10.3 Å². The minimum atomic E-state index is 0.137. The van der Waals surface area contributed by atoms with Gasteiger partial charge in [0.15, 0.2) is 4.34 Å². The summed E-state index contributed by atoms with van der Waals surface area (Å²) in [5, 5.41) is 3.19. The molecule has 0 bridgehead atoms. The number of para-hydroxylation sites is 1. The van der Waals surface area contributed by atoms with Crippen molar-refractivity contribution < 1.29 is 4.79 Å². The highest BCUT2D eigenvalue weighted by Crippen LogP contribution is 2.29. The molecule has 1 aliphatic carbocycles. The Morgan fingerprint density at radius 3 is 3.00 bits per heavy atom. The van der Waals surface area contributed by atoms with Crippen molar-refractivity contribution in [1.29, 1.82) is 0 Å². The van der Waals surface area contributed by atoms with Crippen LogP contribution in [0, 0.1) is 5.92 Å². The Bertz CT molecular complexity index is 593. The Hall–Kier alpha value is -1.07. The highest BCUT2D eigenvalue weighted by atomic mass is 32.2. The Labute approximate surface area is 133 Å². The lowest BCUT2D eigenvalue weighted by Gasteiger charge is -2.29. The zero-order valence-electron chi connectivity index (χ0n) is 12.2. The molecule has 3 nitrogen and oxygen atoms in total. The zero-order chi connectivity index (χ0) is 14.7. The first kappa shape index (κ1) is 14.9. The number of amides is 1. The number of hydrogen-bond acceptors (Lipinski definition) is 4. The summed E-state index contributed by atoms with van der Waals surface area (Å²) in [7, 11) is 0. The average Bonchev–Trinajstić information content (AvgIpc) is 2.90. The van der Waals surface area contributed by atoms with Crippen molar-refractivity contribution in [2.24, 2.45) is 5.92 Å². The summed E-state index contributed by atoms with van der Waals surface area (Å²) in [6, 6.07) is 8.46. The number of thiazole rings is 1. The van der Waals surface area contributed by atoms with Crippen molar-refractivity contribution in [2.45, 2.75) is 43.0 Å². The summed E-state index contributed by atoms with van der Waals surface area (Å²) in [6.07, 6.45) is 4.89. The molecule has 5 heteroatoms. The number of nitrogens with zero attached hydrogens (tertiary/aromatic N) is 1. The predicted octanol–water partition coefficient (Wildman–Crippen LogP) is 4.08. The predicted molar refractivity (Wildman–Crippen MR) is 89.9 cm³/mol. The highest BCUT2D eigenvalue weighted by molar-refractivity contribution is 8.01. The van der Waals surface area contributed by atoms with Crippen LogP contribution in [-0.4, -0.2) is 22.7 Å². The van der Waals surface area contributed by atoms with Crippen LogP contribution in [0.15, 0.2) is 28.6 Å². The van der Waals surface area contributed by atoms with Gasteiger partial charge in [0.1, 0.15) is 0 Å². The molecule has 1 aliphatic rings. The molecule has 0 spiro atoms. The van der Waals surface area contributed by atoms with Crippen molar-refractivity contribution in [2.75, 3.05) is 5.75 Å². The summed E-state index contributed by atoms with van der Waals surface area (Å²) < 4.78 is 2.16. The van der Waals surface area contributed by atoms with Gasteiger partial charge >= 0.3 is 0 Å². The summed E-state index contributed by atoms with van der Waals surface area (Å²) in [5.74, 6) is 1.21. The third kappa shape index (κ3) is 3.77. The quantitative estimate of drug-likeness (QED) is 0.863. The maximum Gasteiger partial charge on any atom is 0.230 e. The monoisotopic (exact) mass is 320 g/mol. The molecule has 0 unspecified atom stereocenters. The minimum absolute atomic E-state index is 0.137. The Balaban J connectivity index is 1.53. The van der Waals surface area contributed by atoms with Crippen LogP contribution in [-0.2, 0) is 4.79 Å². The molecule has 1 fully saturated rings. The van der Waals surface area contributed by atoms with E-state index in [4.69, 9.17) is 0 Å². The van der Waals surface area contributed by atoms with Gasteiger partial charge in [-0.2, -0.15) is 0 Å². The molecule has 1 saturated carbocycles. The van der Waals surface area contributed by atoms with Crippen LogP contribution >= 0.6 is 23.1 Å². The number of aromatic nitrogens is 1. The fourth-order valence-electron chi connectivity index (χ4n) is 2.82. The number of carbonyl (C=O) groups excluding carboxylic acids is 1. The molecule has 1 aromatic carbocycles. The third-order valence-electron chi connectivity index (χ3n) is 4.06. The fourth-order valence-corrected chi connectivity index (χ4v) is 4.70. The first-order valence-electron chi connectivity index (χ1n) is 7.50. The molecule has 0 saturated heterocycles. The van der Waals surface area contributed by atoms with E-state index < -0.39 is 0 Å². The zero-order valence-corrected chi connectivity index (χ0v) is 13.8. The van der Waals surface area contributed by atoms with E-state index in [1.54, 1.807) is 11.3 Å². The van der Waals surface area contributed by atoms with E-state index in [1.807, 2.05) is 18.2 Å². The number of carbonyl (C=O) groups is 1. The van der Waals surface area contributed by atoms with E-state index in [0.717, 1.165) is 16.3 Å². The van der Waals surface area contributed by atoms with Crippen LogP contribution in [0.25, 0.3) is 10.2 Å². The van der Waals surface area contributed by atoms with Gasteiger partial charge in [-0.1, -0.05) is 43.7 Å². The second-order valence-electron chi connectivity index (χ2n) is 5.67. The van der Waals surface area contributed by atoms with Gasteiger partial charge in [0.25, 0.3) is 0 Å². The number of nitrogens with one attached hydrogen (secondary N) is 1. The van der Waals surface area contributed by atoms with Crippen molar-refractivity contribution >= 4 is 39.2 Å². The standard InChI is InChI=1S/C16H20N2OS2/c1-11-6-2-3-7-12(11)17-15(19)10-20-16-18-13-8-4-5-9-14(13)21-16/h4-5,8-9,11-12H,2-3,6-7,10H2,1H3,(H,17,19)/t11-,12-/m0/s1. The Morgan fingerprint density at radius 2 is 2.19 bits per heavy atom. The molecule has 3 rings (SSSR count). The summed E-state index contributed by atoms with van der Waals surface area (Å²) in [4.78, 5) is 16.6. The normalized spacial score (nSPS) is 22.3. The first-order valence-corrected chi connectivity index (χ1v) is 9.30. The number of hydrogen-bond donors (Lipinski definition) is 1. The van der Waals surface area contributed by atoms with Gasteiger partial charge in [0.2, 0.25) is 5.91 Å². The van der Waals surface area contributed by atoms with E-state index in [2.05, 4.69) is 23.3 Å². The van der Waals surface area contributed by atoms with E-state index in [9.17, 15) is 4.79 Å². The number of rotatable bonds is 4. The SMILES string of the molecule is C[C@H]1CCCC[C@@H]1NC(=O)CSc1nc2ccccc2s1. The second kappa shape index (κ2) is 6.79. The van der Waals surface area contributed by atoms with Gasteiger partial charge < -0.3 is 5.32 Å². The van der Waals surface area contributed by atoms with E-state index in [1.165, 1.54) is 35.7 Å². The minimum Gasteiger partial charge on any atom is -0.352 e. The van der Waals surface area contributed by atoms with Crippen molar-refractivity contribution in [3.63, 3.8) is 0 Å². The topological polar surface area (TPSA) is 42.0 Å². The summed E-state index contributed by atoms with van der Waals surface area (Å²) in [5.41, 5.74) is 1.02. The molecule has 0 radical (unpaired) electrons. The lowest BCUT2D eigenvalue weighted by molar-refractivity contribution is -0.119. The van der Waals surface area contributed by atoms with E-state index >= 15 is 0 Å². The number of fused-ring (bicyclic) bond motifs is 1. The average molecular weight is 320 g/mol. The van der Waals surface area contributed by atoms with Crippen molar-refractivity contribution in [3.8, 4) is 0 Å². The van der Waals surface area contributed by atoms with Gasteiger partial charge in [-0.05, 0) is 30.9 Å². The van der Waals surface area contributed by atoms with Gasteiger partial charge in [0, 0.05) is 6.04 Å². The Kier molecular flexibility index (Phi) is 4.80. The molecule has 0 aliphatic heterocycles. The van der Waals surface area contributed by atoms with Crippen LogP contribution in [0.3, 0.4) is 0 Å². The van der Waals surface area contributed by atoms with E-state index in [-0.39, 0.29) is 5.91 Å². The Morgan fingerprint density at radius 1 is 1.38 bits per heavy atom. The largest absolute Gasteiger partial charge is 0.352 e. The molecule has 2 atom stereocenters. The second-order valence-corrected chi connectivity index (χ2v) is 7.93. The van der Waals surface area contributed by atoms with Crippen LogP contribution in [0.5, 0.6) is 0 Å². The van der Waals surface area contributed by atoms with Crippen LogP contribution < -0.4 is 5.32 Å². The number of benzene rings is 1. The molecule has 21 heavy (non-hydrogen) atoms. The van der Waals surface area contributed by atoms with Gasteiger partial charge in [0.05, 0.1) is 16.0 Å². The van der Waals surface area contributed by atoms with Crippen LogP contribution in [0.2, 0.25) is 0 Å². The van der Waals surface area contributed by atoms with Crippen LogP contribution in [0.1, 0.15) is 32.6 Å². The smallest absolute Gasteiger partial charge is 0.230 e. The summed E-state index contributed by atoms with van der Waals surface area (Å²) >= 11 is 3.20. The van der Waals surface area contributed by atoms with E-state index in [0.29, 0.717) is 17.7 Å². The van der Waals surface area contributed by atoms with Gasteiger partial charge in [-0.15, -0.1) is 11.3 Å². The first-order chi connectivity index (χ1) is 10.2. The molecule has 1 aromatic heterocycles. The maximum atomic E-state index is 12.1. The number of thioether (sulfide) groups is 1. The molecule has 2 aromatic rings. The lowest BCUT2D eigenvalue weighted by Crippen LogP contribution is -2.41. The van der Waals surface area contributed by atoms with Gasteiger partial charge in [-0.3, -0.25) is 4.79 Å². The summed E-state index contributed by atoms with van der Waals surface area (Å²) in [6.45, 7) is 2.24. The van der Waals surface area contributed by atoms with Crippen LogP contribution in [0.4, 0.5) is 0 Å². The molecule has 1 heterocycles. The molecule has 1 amide bonds. The van der Waals surface area contributed by atoms with Crippen molar-refractivity contribution in [3.05, 3.63) is 24.3 Å². The molecular formula is C16H20N2OS2. The molecule has 112 valence electrons. The highest BCUT2D eigenvalue weighted by Gasteiger charge is 2.22. The fraction of sp³-hybridized carbons (Fsp3) is 0.500. The molecular weight excluding hydrogens is 300 g/mol. The maximum absolute atomic E-state index is 12.1. The van der Waals surface area contributed by atoms with Gasteiger partial charge in [-0.25, -0.2) is 4.98 Å².